The van der Waals surface area contributed by atoms with Crippen LogP contribution < -0.4 is 26.0 Å². The summed E-state index contributed by atoms with van der Waals surface area (Å²) in [7, 11) is 5.22. The minimum atomic E-state index is -0.535. The molecule has 0 unspecified atom stereocenters. The number of nitrogens with zero attached hydrogens (tertiary/aromatic N) is 4. The lowest BCUT2D eigenvalue weighted by atomic mass is 10.2. The monoisotopic (exact) mass is 404 g/mol. The number of anilines is 5. The highest BCUT2D eigenvalue weighted by Gasteiger charge is 2.28. The molecule has 11 heteroatoms. The Morgan fingerprint density at radius 1 is 1.07 bits per heavy atom. The summed E-state index contributed by atoms with van der Waals surface area (Å²) >= 11 is 0. The molecule has 2 aromatic rings. The minimum Gasteiger partial charge on any atom is -0.469 e. The molecule has 0 aliphatic rings. The smallest absolute Gasteiger partial charge is 0.373 e. The van der Waals surface area contributed by atoms with E-state index < -0.39 is 4.92 Å². The van der Waals surface area contributed by atoms with Crippen LogP contribution in [0.4, 0.5) is 34.5 Å². The molecule has 0 aromatic carbocycles. The molecule has 0 bridgehead atoms. The van der Waals surface area contributed by atoms with Crippen LogP contribution in [-0.2, 0) is 0 Å². The Morgan fingerprint density at radius 2 is 1.76 bits per heavy atom. The maximum absolute atomic E-state index is 11.9. The highest BCUT2D eigenvalue weighted by molar-refractivity contribution is 5.87. The quantitative estimate of drug-likeness (QED) is 0.343. The third-order valence-electron chi connectivity index (χ3n) is 4.36. The predicted octanol–water partition coefficient (Wildman–Crippen LogP) is 3.52. The number of aromatic nitrogens is 3. The summed E-state index contributed by atoms with van der Waals surface area (Å²) in [5.74, 6) is 1.48. The largest absolute Gasteiger partial charge is 0.469 e. The molecule has 158 valence electrons. The van der Waals surface area contributed by atoms with E-state index in [9.17, 15) is 10.1 Å². The van der Waals surface area contributed by atoms with Crippen LogP contribution in [0.2, 0.25) is 0 Å². The van der Waals surface area contributed by atoms with Gasteiger partial charge in [0.25, 0.3) is 5.88 Å². The Balaban J connectivity index is 2.61. The Hall–Kier alpha value is -3.37. The summed E-state index contributed by atoms with van der Waals surface area (Å²) in [6.07, 6.45) is 1.25. The maximum atomic E-state index is 11.9. The molecule has 11 nitrogen and oxygen atoms in total. The molecule has 2 aromatic heterocycles. The van der Waals surface area contributed by atoms with Crippen LogP contribution in [0.1, 0.15) is 32.5 Å². The van der Waals surface area contributed by atoms with Gasteiger partial charge in [0.05, 0.1) is 10.6 Å². The Kier molecular flexibility index (Phi) is 7.34. The Bertz CT molecular complexity index is 845. The zero-order valence-corrected chi connectivity index (χ0v) is 17.6. The summed E-state index contributed by atoms with van der Waals surface area (Å²) in [6.45, 7) is 5.58. The first-order chi connectivity index (χ1) is 13.9. The zero-order chi connectivity index (χ0) is 21.6. The highest BCUT2D eigenvalue weighted by atomic mass is 16.6. The fourth-order valence-corrected chi connectivity index (χ4v) is 2.78. The molecule has 0 saturated carbocycles. The number of nitro groups is 1. The van der Waals surface area contributed by atoms with Gasteiger partial charge in [-0.2, -0.15) is 4.98 Å². The van der Waals surface area contributed by atoms with E-state index in [1.54, 1.807) is 34.1 Å². The molecule has 0 aliphatic carbocycles. The lowest BCUT2D eigenvalue weighted by molar-refractivity contribution is -0.385. The van der Waals surface area contributed by atoms with E-state index in [2.05, 4.69) is 36.2 Å². The van der Waals surface area contributed by atoms with Crippen molar-refractivity contribution in [1.82, 2.24) is 15.0 Å². The van der Waals surface area contributed by atoms with Gasteiger partial charge in [-0.1, -0.05) is 13.8 Å². The number of rotatable bonds is 10. The van der Waals surface area contributed by atoms with Gasteiger partial charge in [0.15, 0.2) is 5.82 Å². The van der Waals surface area contributed by atoms with Crippen LogP contribution >= 0.6 is 0 Å². The van der Waals surface area contributed by atoms with Gasteiger partial charge in [0, 0.05) is 27.2 Å². The molecular weight excluding hydrogens is 376 g/mol. The van der Waals surface area contributed by atoms with Crippen molar-refractivity contribution in [2.75, 3.05) is 42.4 Å². The van der Waals surface area contributed by atoms with E-state index in [1.165, 1.54) is 0 Å². The van der Waals surface area contributed by atoms with Gasteiger partial charge in [-0.05, 0) is 19.8 Å². The molecule has 4 N–H and O–H groups in total. The highest BCUT2D eigenvalue weighted by Crippen LogP contribution is 2.39. The van der Waals surface area contributed by atoms with Gasteiger partial charge >= 0.3 is 5.69 Å². The van der Waals surface area contributed by atoms with Crippen molar-refractivity contribution in [3.8, 4) is 5.88 Å². The van der Waals surface area contributed by atoms with Crippen molar-refractivity contribution >= 4 is 34.5 Å². The van der Waals surface area contributed by atoms with Crippen molar-refractivity contribution in [3.05, 3.63) is 22.0 Å². The molecule has 0 spiro atoms. The van der Waals surface area contributed by atoms with Crippen LogP contribution in [0.5, 0.6) is 5.88 Å². The number of aryl methyl sites for hydroxylation is 1. The van der Waals surface area contributed by atoms with Gasteiger partial charge in [0.2, 0.25) is 5.82 Å². The van der Waals surface area contributed by atoms with Crippen LogP contribution in [0.15, 0.2) is 6.07 Å². The number of hydrogen-bond acceptors (Lipinski definition) is 10. The summed E-state index contributed by atoms with van der Waals surface area (Å²) in [4.78, 5) is 24.2. The summed E-state index contributed by atoms with van der Waals surface area (Å²) < 4.78 is 5.82. The molecule has 0 fully saturated rings. The van der Waals surface area contributed by atoms with Gasteiger partial charge in [0.1, 0.15) is 23.4 Å². The molecule has 29 heavy (non-hydrogen) atoms. The van der Waals surface area contributed by atoms with Crippen LogP contribution in [0.25, 0.3) is 0 Å². The molecule has 2 rings (SSSR count). The van der Waals surface area contributed by atoms with Gasteiger partial charge in [-0.25, -0.2) is 9.97 Å². The van der Waals surface area contributed by atoms with Crippen molar-refractivity contribution < 1.29 is 9.66 Å². The summed E-state index contributed by atoms with van der Waals surface area (Å²) in [5, 5.41) is 23.9. The Morgan fingerprint density at radius 3 is 2.28 bits per heavy atom. The van der Waals surface area contributed by atoms with E-state index in [0.717, 1.165) is 0 Å². The number of pyridine rings is 1. The molecule has 2 heterocycles. The standard InChI is InChI=1S/C18H28N8O3/c1-7-11(8-2)29-18-15(26(27)28)17(22-10(3)23-18)25-14-12(19-4)9-13(20-5)24-16(14)21-6/h9,11H,7-8H2,1-6H3,(H,22,23,25)(H3,19,20,21,24). The Labute approximate surface area is 169 Å². The van der Waals surface area contributed by atoms with Crippen LogP contribution in [-0.4, -0.2) is 47.1 Å². The summed E-state index contributed by atoms with van der Waals surface area (Å²) in [5.41, 5.74) is 0.884. The molecule has 0 saturated heterocycles. The fourth-order valence-electron chi connectivity index (χ4n) is 2.78. The third-order valence-corrected chi connectivity index (χ3v) is 4.36. The van der Waals surface area contributed by atoms with Crippen molar-refractivity contribution in [3.63, 3.8) is 0 Å². The lowest BCUT2D eigenvalue weighted by Gasteiger charge is -2.19. The van der Waals surface area contributed by atoms with Gasteiger partial charge < -0.3 is 26.0 Å². The first-order valence-corrected chi connectivity index (χ1v) is 9.43. The second kappa shape index (κ2) is 9.71. The third kappa shape index (κ3) is 4.92. The predicted molar refractivity (Wildman–Crippen MR) is 115 cm³/mol. The van der Waals surface area contributed by atoms with E-state index in [-0.39, 0.29) is 23.5 Å². The van der Waals surface area contributed by atoms with Crippen LogP contribution in [0, 0.1) is 17.0 Å². The average molecular weight is 404 g/mol. The van der Waals surface area contributed by atoms with E-state index in [1.807, 2.05) is 13.8 Å². The number of ether oxygens (including phenoxy) is 1. The maximum Gasteiger partial charge on any atom is 0.373 e. The molecule has 0 atom stereocenters. The van der Waals surface area contributed by atoms with Crippen molar-refractivity contribution in [2.24, 2.45) is 0 Å². The van der Waals surface area contributed by atoms with E-state index in [4.69, 9.17) is 4.74 Å². The number of nitrogens with one attached hydrogen (secondary N) is 4. The zero-order valence-electron chi connectivity index (χ0n) is 17.6. The average Bonchev–Trinajstić information content (AvgIpc) is 2.71. The van der Waals surface area contributed by atoms with Crippen molar-refractivity contribution in [1.29, 1.82) is 0 Å². The van der Waals surface area contributed by atoms with Crippen LogP contribution in [0.3, 0.4) is 0 Å². The van der Waals surface area contributed by atoms with E-state index >= 15 is 0 Å². The van der Waals surface area contributed by atoms with Crippen molar-refractivity contribution in [2.45, 2.75) is 39.7 Å². The topological polar surface area (TPSA) is 139 Å². The molecule has 0 aliphatic heterocycles. The molecular formula is C18H28N8O3. The first kappa shape index (κ1) is 21.9. The number of hydrogen-bond donors (Lipinski definition) is 4. The minimum absolute atomic E-state index is 0.0375. The molecule has 0 amide bonds. The lowest BCUT2D eigenvalue weighted by Crippen LogP contribution is -2.17. The van der Waals surface area contributed by atoms with Gasteiger partial charge in [-0.3, -0.25) is 10.1 Å². The van der Waals surface area contributed by atoms with E-state index in [0.29, 0.717) is 41.7 Å². The van der Waals surface area contributed by atoms with Gasteiger partial charge in [-0.15, -0.1) is 0 Å². The normalized spacial score (nSPS) is 10.6. The second-order valence-corrected chi connectivity index (χ2v) is 6.24. The fraction of sp³-hybridized carbons (Fsp3) is 0.500. The first-order valence-electron chi connectivity index (χ1n) is 9.43. The SMILES string of the molecule is CCC(CC)Oc1nc(C)nc(Nc2c(NC)cc(NC)nc2NC)c1[N+](=O)[O-]. The second-order valence-electron chi connectivity index (χ2n) is 6.24. The summed E-state index contributed by atoms with van der Waals surface area (Å²) in [6, 6.07) is 1.78. The molecule has 0 radical (unpaired) electrons.